The molecule has 0 aliphatic carbocycles. The van der Waals surface area contributed by atoms with Crippen LogP contribution in [0.2, 0.25) is 0 Å². The number of pyridine rings is 1. The average molecular weight is 549 g/mol. The van der Waals surface area contributed by atoms with E-state index in [0.717, 1.165) is 22.2 Å². The van der Waals surface area contributed by atoms with E-state index in [1.54, 1.807) is 50.5 Å². The number of benzene rings is 2. The summed E-state index contributed by atoms with van der Waals surface area (Å²) in [6.07, 6.45) is 0.00285. The molecule has 10 heteroatoms. The van der Waals surface area contributed by atoms with Gasteiger partial charge in [0.25, 0.3) is 5.91 Å². The van der Waals surface area contributed by atoms with Crippen LogP contribution in [0, 0.1) is 12.8 Å². The first kappa shape index (κ1) is 28.8. The van der Waals surface area contributed by atoms with E-state index in [2.05, 4.69) is 10.3 Å². The second kappa shape index (κ2) is 12.3. The maximum absolute atomic E-state index is 13.2. The van der Waals surface area contributed by atoms with E-state index >= 15 is 0 Å². The zero-order chi connectivity index (χ0) is 28.9. The Morgan fingerprint density at radius 1 is 1.10 bits per heavy atom. The quantitative estimate of drug-likeness (QED) is 0.295. The molecule has 2 atom stereocenters. The van der Waals surface area contributed by atoms with Gasteiger partial charge in [0.1, 0.15) is 18.0 Å². The highest BCUT2D eigenvalue weighted by Crippen LogP contribution is 2.25. The van der Waals surface area contributed by atoms with E-state index in [-0.39, 0.29) is 24.8 Å². The van der Waals surface area contributed by atoms with Gasteiger partial charge in [0, 0.05) is 41.7 Å². The van der Waals surface area contributed by atoms with Gasteiger partial charge >= 0.3 is 6.09 Å². The van der Waals surface area contributed by atoms with Crippen molar-refractivity contribution >= 4 is 28.8 Å². The number of piperidine rings is 1. The minimum absolute atomic E-state index is 0.0134. The van der Waals surface area contributed by atoms with Crippen LogP contribution in [0.25, 0.3) is 10.9 Å². The molecule has 0 radical (unpaired) electrons. The van der Waals surface area contributed by atoms with Crippen LogP contribution >= 0.6 is 0 Å². The minimum atomic E-state index is -0.656. The molecule has 0 unspecified atom stereocenters. The summed E-state index contributed by atoms with van der Waals surface area (Å²) in [5.41, 5.74) is 4.25. The largest absolute Gasteiger partial charge is 0.489 e. The van der Waals surface area contributed by atoms with Gasteiger partial charge < -0.3 is 19.7 Å². The minimum Gasteiger partial charge on any atom is -0.489 e. The Kier molecular flexibility index (Phi) is 8.89. The predicted molar refractivity (Wildman–Crippen MR) is 149 cm³/mol. The van der Waals surface area contributed by atoms with Gasteiger partial charge in [0.05, 0.1) is 11.6 Å². The van der Waals surface area contributed by atoms with Crippen molar-refractivity contribution < 1.29 is 29.1 Å². The molecule has 3 aromatic rings. The monoisotopic (exact) mass is 548 g/mol. The highest BCUT2D eigenvalue weighted by molar-refractivity contribution is 5.94. The molecule has 1 aromatic heterocycles. The van der Waals surface area contributed by atoms with Gasteiger partial charge in [-0.15, -0.1) is 0 Å². The molecule has 0 saturated carbocycles. The van der Waals surface area contributed by atoms with Gasteiger partial charge in [-0.25, -0.2) is 10.3 Å². The summed E-state index contributed by atoms with van der Waals surface area (Å²) in [5, 5.41) is 13.0. The summed E-state index contributed by atoms with van der Waals surface area (Å²) in [6, 6.07) is 16.2. The summed E-state index contributed by atoms with van der Waals surface area (Å²) in [6.45, 7) is 8.23. The first-order valence-corrected chi connectivity index (χ1v) is 13.3. The molecule has 1 aliphatic heterocycles. The molecule has 1 aliphatic rings. The number of hydrogen-bond acceptors (Lipinski definition) is 7. The molecule has 3 N–H and O–H groups in total. The maximum Gasteiger partial charge on any atom is 0.410 e. The number of nitrogens with one attached hydrogen (secondary N) is 2. The Hall–Kier alpha value is -4.18. The molecule has 2 aromatic carbocycles. The highest BCUT2D eigenvalue weighted by atomic mass is 16.6. The van der Waals surface area contributed by atoms with Crippen LogP contribution < -0.4 is 15.5 Å². The standard InChI is InChI=1S/C30H36N4O6/c1-19-15-22(24-7-5-6-8-25(24)31-19)18-39-23-11-9-20(10-12-23)28(36)32-26-17-34(29(37)40-30(2,3)4)14-13-21(26)16-27(35)33-38/h5-12,15,21,26,38H,13-14,16-18H2,1-4H3,(H,32,36)(H,33,35)/t21-,26+/m0/s1. The van der Waals surface area contributed by atoms with Crippen LogP contribution in [0.1, 0.15) is 55.2 Å². The maximum atomic E-state index is 13.2. The Bertz CT molecular complexity index is 1370. The Morgan fingerprint density at radius 3 is 2.52 bits per heavy atom. The van der Waals surface area contributed by atoms with Gasteiger partial charge in [-0.05, 0) is 76.4 Å². The van der Waals surface area contributed by atoms with Crippen LogP contribution in [-0.2, 0) is 16.1 Å². The fourth-order valence-electron chi connectivity index (χ4n) is 4.81. The third-order valence-corrected chi connectivity index (χ3v) is 6.74. The zero-order valence-corrected chi connectivity index (χ0v) is 23.3. The lowest BCUT2D eigenvalue weighted by Gasteiger charge is -2.39. The number of para-hydroxylation sites is 1. The molecular formula is C30H36N4O6. The topological polar surface area (TPSA) is 130 Å². The Balaban J connectivity index is 1.41. The van der Waals surface area contributed by atoms with Crippen LogP contribution in [0.5, 0.6) is 5.75 Å². The van der Waals surface area contributed by atoms with E-state index in [0.29, 0.717) is 30.9 Å². The second-order valence-electron chi connectivity index (χ2n) is 11.0. The molecule has 40 heavy (non-hydrogen) atoms. The molecule has 212 valence electrons. The molecular weight excluding hydrogens is 512 g/mol. The lowest BCUT2D eigenvalue weighted by Crippen LogP contribution is -2.55. The third kappa shape index (κ3) is 7.47. The predicted octanol–water partition coefficient (Wildman–Crippen LogP) is 4.37. The molecule has 2 heterocycles. The van der Waals surface area contributed by atoms with Gasteiger partial charge in [-0.1, -0.05) is 18.2 Å². The van der Waals surface area contributed by atoms with Crippen molar-refractivity contribution in [2.75, 3.05) is 13.1 Å². The number of aromatic nitrogens is 1. The summed E-state index contributed by atoms with van der Waals surface area (Å²) < 4.78 is 11.5. The van der Waals surface area contributed by atoms with Crippen molar-refractivity contribution in [1.82, 2.24) is 20.7 Å². The van der Waals surface area contributed by atoms with Crippen molar-refractivity contribution in [3.8, 4) is 5.75 Å². The number of carbonyl (C=O) groups is 3. The summed E-state index contributed by atoms with van der Waals surface area (Å²) in [4.78, 5) is 43.8. The van der Waals surface area contributed by atoms with E-state index < -0.39 is 23.6 Å². The van der Waals surface area contributed by atoms with E-state index in [1.807, 2.05) is 37.3 Å². The summed E-state index contributed by atoms with van der Waals surface area (Å²) in [5.74, 6) is -0.543. The zero-order valence-electron chi connectivity index (χ0n) is 23.3. The van der Waals surface area contributed by atoms with E-state index in [9.17, 15) is 14.4 Å². The van der Waals surface area contributed by atoms with Crippen LogP contribution in [0.15, 0.2) is 54.6 Å². The lowest BCUT2D eigenvalue weighted by molar-refractivity contribution is -0.130. The smallest absolute Gasteiger partial charge is 0.410 e. The number of amides is 3. The number of ether oxygens (including phenoxy) is 2. The number of aryl methyl sites for hydroxylation is 1. The van der Waals surface area contributed by atoms with E-state index in [1.165, 1.54) is 4.90 Å². The van der Waals surface area contributed by atoms with Crippen molar-refractivity contribution in [2.45, 2.75) is 58.8 Å². The number of nitrogens with zero attached hydrogens (tertiary/aromatic N) is 2. The number of hydroxylamine groups is 1. The Labute approximate surface area is 233 Å². The number of hydrogen-bond donors (Lipinski definition) is 3. The number of carbonyl (C=O) groups excluding carboxylic acids is 3. The molecule has 0 spiro atoms. The van der Waals surface area contributed by atoms with Crippen molar-refractivity contribution in [2.24, 2.45) is 5.92 Å². The summed E-state index contributed by atoms with van der Waals surface area (Å²) in [7, 11) is 0. The molecule has 10 nitrogen and oxygen atoms in total. The first-order valence-electron chi connectivity index (χ1n) is 13.3. The van der Waals surface area contributed by atoms with Gasteiger partial charge in [-0.2, -0.15) is 0 Å². The number of rotatable bonds is 7. The second-order valence-corrected chi connectivity index (χ2v) is 11.0. The lowest BCUT2D eigenvalue weighted by atomic mass is 9.88. The van der Waals surface area contributed by atoms with Crippen LogP contribution in [0.3, 0.4) is 0 Å². The van der Waals surface area contributed by atoms with Crippen LogP contribution in [0.4, 0.5) is 4.79 Å². The van der Waals surface area contributed by atoms with Gasteiger partial charge in [0.2, 0.25) is 5.91 Å². The first-order chi connectivity index (χ1) is 19.0. The Morgan fingerprint density at radius 2 is 1.82 bits per heavy atom. The van der Waals surface area contributed by atoms with E-state index in [4.69, 9.17) is 14.7 Å². The fourth-order valence-corrected chi connectivity index (χ4v) is 4.81. The SMILES string of the molecule is Cc1cc(COc2ccc(C(=O)N[C@@H]3CN(C(=O)OC(C)(C)C)CC[C@H]3CC(=O)NO)cc2)c2ccccc2n1. The molecule has 1 fully saturated rings. The van der Waals surface area contributed by atoms with Crippen molar-refractivity contribution in [1.29, 1.82) is 0 Å². The third-order valence-electron chi connectivity index (χ3n) is 6.74. The van der Waals surface area contributed by atoms with Crippen molar-refractivity contribution in [3.63, 3.8) is 0 Å². The normalized spacial score (nSPS) is 17.3. The highest BCUT2D eigenvalue weighted by Gasteiger charge is 2.35. The average Bonchev–Trinajstić information content (AvgIpc) is 2.91. The van der Waals surface area contributed by atoms with Crippen molar-refractivity contribution in [3.05, 3.63) is 71.4 Å². The number of likely N-dealkylation sites (tertiary alicyclic amines) is 1. The summed E-state index contributed by atoms with van der Waals surface area (Å²) >= 11 is 0. The fraction of sp³-hybridized carbons (Fsp3) is 0.400. The van der Waals surface area contributed by atoms with Gasteiger partial charge in [-0.3, -0.25) is 19.8 Å². The molecule has 1 saturated heterocycles. The van der Waals surface area contributed by atoms with Crippen LogP contribution in [-0.4, -0.2) is 57.7 Å². The molecule has 3 amide bonds. The van der Waals surface area contributed by atoms with Gasteiger partial charge in [0.15, 0.2) is 0 Å². The number of fused-ring (bicyclic) bond motifs is 1. The molecule has 0 bridgehead atoms. The molecule has 4 rings (SSSR count).